The van der Waals surface area contributed by atoms with Crippen molar-refractivity contribution < 1.29 is 9.59 Å². The molecule has 2 saturated heterocycles. The molecule has 0 aromatic carbocycles. The molecule has 0 radical (unpaired) electrons. The Hall–Kier alpha value is -1.30. The van der Waals surface area contributed by atoms with Crippen LogP contribution in [0.2, 0.25) is 0 Å². The highest BCUT2D eigenvalue weighted by atomic mass is 16.2. The van der Waals surface area contributed by atoms with Gasteiger partial charge in [-0.25, -0.2) is 4.79 Å². The number of nitrogens with zero attached hydrogens (tertiary/aromatic N) is 3. The number of likely N-dealkylation sites (N-methyl/N-ethyl adjacent to an activating group) is 1. The topological polar surface area (TPSA) is 55.9 Å². The molecular weight excluding hydrogens is 292 g/mol. The van der Waals surface area contributed by atoms with Crippen LogP contribution in [0.1, 0.15) is 39.5 Å². The maximum atomic E-state index is 12.5. The summed E-state index contributed by atoms with van der Waals surface area (Å²) in [5, 5.41) is 3.16. The number of amides is 3. The molecular formula is C17H32N4O2. The van der Waals surface area contributed by atoms with E-state index in [1.165, 1.54) is 0 Å². The van der Waals surface area contributed by atoms with Gasteiger partial charge in [0.05, 0.1) is 0 Å². The highest BCUT2D eigenvalue weighted by molar-refractivity contribution is 5.80. The number of hydrogen-bond donors (Lipinski definition) is 1. The quantitative estimate of drug-likeness (QED) is 0.850. The molecule has 132 valence electrons. The molecule has 2 rings (SSSR count). The van der Waals surface area contributed by atoms with Crippen molar-refractivity contribution in [2.45, 2.75) is 45.1 Å². The maximum absolute atomic E-state index is 12.5. The summed E-state index contributed by atoms with van der Waals surface area (Å²) in [6.45, 7) is 8.08. The standard InChI is InChI=1S/C17H32N4O2/c1-17(2,13-19(3)4)18-15(22)14-7-11-21(12-8-14)16(23)20-9-5-6-10-20/h14H,5-13H2,1-4H3,(H,18,22). The smallest absolute Gasteiger partial charge is 0.319 e. The van der Waals surface area contributed by atoms with Crippen LogP contribution in [0.15, 0.2) is 0 Å². The van der Waals surface area contributed by atoms with E-state index in [2.05, 4.69) is 24.1 Å². The normalized spacial score (nSPS) is 20.2. The van der Waals surface area contributed by atoms with E-state index < -0.39 is 0 Å². The zero-order chi connectivity index (χ0) is 17.0. The van der Waals surface area contributed by atoms with Crippen molar-refractivity contribution in [1.82, 2.24) is 20.0 Å². The van der Waals surface area contributed by atoms with Crippen LogP contribution in [-0.4, -0.2) is 79.0 Å². The Bertz CT molecular complexity index is 422. The Morgan fingerprint density at radius 1 is 1.04 bits per heavy atom. The second-order valence-electron chi connectivity index (χ2n) is 7.85. The number of piperidine rings is 1. The van der Waals surface area contributed by atoms with Crippen LogP contribution in [0.3, 0.4) is 0 Å². The molecule has 0 saturated carbocycles. The fraction of sp³-hybridized carbons (Fsp3) is 0.882. The lowest BCUT2D eigenvalue weighted by molar-refractivity contribution is -0.128. The fourth-order valence-electron chi connectivity index (χ4n) is 3.71. The molecule has 6 heteroatoms. The van der Waals surface area contributed by atoms with Crippen molar-refractivity contribution >= 4 is 11.9 Å². The van der Waals surface area contributed by atoms with E-state index in [-0.39, 0.29) is 23.4 Å². The van der Waals surface area contributed by atoms with Crippen LogP contribution in [0.4, 0.5) is 4.79 Å². The molecule has 0 aliphatic carbocycles. The maximum Gasteiger partial charge on any atom is 0.319 e. The van der Waals surface area contributed by atoms with Crippen LogP contribution in [0, 0.1) is 5.92 Å². The van der Waals surface area contributed by atoms with E-state index in [0.29, 0.717) is 13.1 Å². The molecule has 0 unspecified atom stereocenters. The second-order valence-corrected chi connectivity index (χ2v) is 7.85. The van der Waals surface area contributed by atoms with E-state index in [9.17, 15) is 9.59 Å². The predicted molar refractivity (Wildman–Crippen MR) is 91.3 cm³/mol. The van der Waals surface area contributed by atoms with Gasteiger partial charge < -0.3 is 20.0 Å². The molecule has 0 bridgehead atoms. The molecule has 2 aliphatic rings. The molecule has 2 aliphatic heterocycles. The first-order valence-electron chi connectivity index (χ1n) is 8.79. The first-order chi connectivity index (χ1) is 10.8. The third-order valence-corrected chi connectivity index (χ3v) is 4.69. The summed E-state index contributed by atoms with van der Waals surface area (Å²) < 4.78 is 0. The van der Waals surface area contributed by atoms with Gasteiger partial charge in [-0.3, -0.25) is 4.79 Å². The van der Waals surface area contributed by atoms with E-state index in [1.807, 2.05) is 23.9 Å². The van der Waals surface area contributed by atoms with Crippen LogP contribution >= 0.6 is 0 Å². The van der Waals surface area contributed by atoms with E-state index in [4.69, 9.17) is 0 Å². The summed E-state index contributed by atoms with van der Waals surface area (Å²) >= 11 is 0. The lowest BCUT2D eigenvalue weighted by atomic mass is 9.94. The molecule has 0 spiro atoms. The van der Waals surface area contributed by atoms with Crippen LogP contribution in [0.5, 0.6) is 0 Å². The summed E-state index contributed by atoms with van der Waals surface area (Å²) in [4.78, 5) is 30.8. The van der Waals surface area contributed by atoms with Gasteiger partial charge in [-0.1, -0.05) is 0 Å². The van der Waals surface area contributed by atoms with E-state index >= 15 is 0 Å². The molecule has 6 nitrogen and oxygen atoms in total. The fourth-order valence-corrected chi connectivity index (χ4v) is 3.71. The minimum absolute atomic E-state index is 0.0269. The Kier molecular flexibility index (Phi) is 5.89. The number of urea groups is 1. The Morgan fingerprint density at radius 3 is 2.09 bits per heavy atom. The molecule has 0 aromatic heterocycles. The highest BCUT2D eigenvalue weighted by Gasteiger charge is 2.32. The molecule has 3 amide bonds. The summed E-state index contributed by atoms with van der Waals surface area (Å²) in [5.41, 5.74) is -0.233. The third kappa shape index (κ3) is 5.09. The average molecular weight is 324 g/mol. The van der Waals surface area contributed by atoms with Gasteiger partial charge in [0.1, 0.15) is 0 Å². The zero-order valence-corrected chi connectivity index (χ0v) is 15.1. The van der Waals surface area contributed by atoms with E-state index in [0.717, 1.165) is 45.3 Å². The lowest BCUT2D eigenvalue weighted by Crippen LogP contribution is -2.53. The number of carbonyl (C=O) groups is 2. The molecule has 0 atom stereocenters. The summed E-state index contributed by atoms with van der Waals surface area (Å²) in [6, 6.07) is 0.161. The summed E-state index contributed by atoms with van der Waals surface area (Å²) in [7, 11) is 4.02. The predicted octanol–water partition coefficient (Wildman–Crippen LogP) is 1.37. The lowest BCUT2D eigenvalue weighted by Gasteiger charge is -2.36. The van der Waals surface area contributed by atoms with Gasteiger partial charge in [0.25, 0.3) is 0 Å². The molecule has 0 aromatic rings. The third-order valence-electron chi connectivity index (χ3n) is 4.69. The number of likely N-dealkylation sites (tertiary alicyclic amines) is 2. The van der Waals surface area contributed by atoms with Crippen molar-refractivity contribution in [3.63, 3.8) is 0 Å². The molecule has 2 fully saturated rings. The highest BCUT2D eigenvalue weighted by Crippen LogP contribution is 2.21. The van der Waals surface area contributed by atoms with Gasteiger partial charge in [0, 0.05) is 44.2 Å². The molecule has 2 heterocycles. The van der Waals surface area contributed by atoms with Crippen molar-refractivity contribution in [3.8, 4) is 0 Å². The second kappa shape index (κ2) is 7.51. The SMILES string of the molecule is CN(C)CC(C)(C)NC(=O)C1CCN(C(=O)N2CCCC2)CC1. The summed E-state index contributed by atoms with van der Waals surface area (Å²) in [5.74, 6) is 0.157. The van der Waals surface area contributed by atoms with Gasteiger partial charge in [-0.2, -0.15) is 0 Å². The minimum Gasteiger partial charge on any atom is -0.350 e. The van der Waals surface area contributed by atoms with Crippen molar-refractivity contribution in [1.29, 1.82) is 0 Å². The average Bonchev–Trinajstić information content (AvgIpc) is 2.98. The van der Waals surface area contributed by atoms with Crippen molar-refractivity contribution in [2.24, 2.45) is 5.92 Å². The summed E-state index contributed by atoms with van der Waals surface area (Å²) in [6.07, 6.45) is 3.77. The minimum atomic E-state index is -0.233. The van der Waals surface area contributed by atoms with Crippen LogP contribution in [0.25, 0.3) is 0 Å². The zero-order valence-electron chi connectivity index (χ0n) is 15.1. The Labute approximate surface area is 140 Å². The van der Waals surface area contributed by atoms with Crippen LogP contribution in [-0.2, 0) is 4.79 Å². The van der Waals surface area contributed by atoms with Crippen LogP contribution < -0.4 is 5.32 Å². The van der Waals surface area contributed by atoms with Crippen molar-refractivity contribution in [2.75, 3.05) is 46.8 Å². The first kappa shape index (κ1) is 18.0. The number of nitrogens with one attached hydrogen (secondary N) is 1. The van der Waals surface area contributed by atoms with Gasteiger partial charge in [-0.05, 0) is 53.6 Å². The number of rotatable bonds is 4. The first-order valence-corrected chi connectivity index (χ1v) is 8.79. The molecule has 1 N–H and O–H groups in total. The van der Waals surface area contributed by atoms with Gasteiger partial charge in [-0.15, -0.1) is 0 Å². The largest absolute Gasteiger partial charge is 0.350 e. The number of carbonyl (C=O) groups excluding carboxylic acids is 2. The Balaban J connectivity index is 1.79. The number of hydrogen-bond acceptors (Lipinski definition) is 3. The van der Waals surface area contributed by atoms with Gasteiger partial charge in [0.2, 0.25) is 5.91 Å². The van der Waals surface area contributed by atoms with Gasteiger partial charge in [0.15, 0.2) is 0 Å². The van der Waals surface area contributed by atoms with E-state index in [1.54, 1.807) is 0 Å². The van der Waals surface area contributed by atoms with Crippen molar-refractivity contribution in [3.05, 3.63) is 0 Å². The molecule has 23 heavy (non-hydrogen) atoms. The van der Waals surface area contributed by atoms with Gasteiger partial charge >= 0.3 is 6.03 Å². The Morgan fingerprint density at radius 2 is 1.57 bits per heavy atom. The monoisotopic (exact) mass is 324 g/mol.